The van der Waals surface area contributed by atoms with Gasteiger partial charge in [-0.2, -0.15) is 0 Å². The summed E-state index contributed by atoms with van der Waals surface area (Å²) < 4.78 is 11.0. The van der Waals surface area contributed by atoms with Crippen molar-refractivity contribution < 1.29 is 14.4 Å². The van der Waals surface area contributed by atoms with E-state index in [0.717, 1.165) is 6.42 Å². The number of hydrogen-bond donors (Lipinski definition) is 1. The van der Waals surface area contributed by atoms with Gasteiger partial charge >= 0.3 is 5.69 Å². The van der Waals surface area contributed by atoms with Crippen LogP contribution in [0.1, 0.15) is 6.42 Å². The van der Waals surface area contributed by atoms with Crippen molar-refractivity contribution in [2.45, 2.75) is 24.7 Å². The zero-order valence-corrected chi connectivity index (χ0v) is 11.4. The Morgan fingerprint density at radius 2 is 2.26 bits per heavy atom. The Balaban J connectivity index is 2.14. The third kappa shape index (κ3) is 2.80. The summed E-state index contributed by atoms with van der Waals surface area (Å²) in [6, 6.07) is 4.58. The number of likely N-dealkylation sites (N-methyl/N-ethyl adjacent to an activating group) is 1. The van der Waals surface area contributed by atoms with Crippen molar-refractivity contribution in [3.8, 4) is 5.75 Å². The molecule has 1 aliphatic carbocycles. The number of nitrogens with one attached hydrogen (secondary N) is 1. The van der Waals surface area contributed by atoms with Crippen molar-refractivity contribution >= 4 is 17.3 Å². The molecule has 2 rings (SSSR count). The highest BCUT2D eigenvalue weighted by molar-refractivity contribution is 6.30. The Morgan fingerprint density at radius 1 is 1.53 bits per heavy atom. The van der Waals surface area contributed by atoms with E-state index < -0.39 is 4.92 Å². The van der Waals surface area contributed by atoms with Gasteiger partial charge in [0.25, 0.3) is 0 Å². The first-order valence-corrected chi connectivity index (χ1v) is 6.25. The summed E-state index contributed by atoms with van der Waals surface area (Å²) in [5, 5.41) is 14.4. The van der Waals surface area contributed by atoms with E-state index in [-0.39, 0.29) is 29.7 Å². The lowest BCUT2D eigenvalue weighted by Gasteiger charge is -2.42. The highest BCUT2D eigenvalue weighted by Gasteiger charge is 2.43. The van der Waals surface area contributed by atoms with Gasteiger partial charge < -0.3 is 14.8 Å². The van der Waals surface area contributed by atoms with E-state index in [2.05, 4.69) is 5.32 Å². The number of nitro groups is 1. The zero-order chi connectivity index (χ0) is 14.0. The Hall–Kier alpha value is -1.37. The van der Waals surface area contributed by atoms with Crippen LogP contribution < -0.4 is 10.1 Å². The van der Waals surface area contributed by atoms with Gasteiger partial charge in [-0.1, -0.05) is 11.6 Å². The third-order valence-electron chi connectivity index (χ3n) is 3.29. The number of benzene rings is 1. The minimum atomic E-state index is -0.503. The van der Waals surface area contributed by atoms with Gasteiger partial charge in [0.2, 0.25) is 0 Å². The van der Waals surface area contributed by atoms with Crippen molar-refractivity contribution in [2.75, 3.05) is 14.2 Å². The van der Waals surface area contributed by atoms with Crippen molar-refractivity contribution in [1.82, 2.24) is 5.32 Å². The van der Waals surface area contributed by atoms with Crippen LogP contribution in [0.5, 0.6) is 5.75 Å². The van der Waals surface area contributed by atoms with E-state index in [1.807, 2.05) is 7.05 Å². The van der Waals surface area contributed by atoms with Crippen LogP contribution in [-0.4, -0.2) is 37.3 Å². The molecule has 1 aromatic carbocycles. The molecule has 0 bridgehead atoms. The predicted octanol–water partition coefficient (Wildman–Crippen LogP) is 2.00. The molecule has 6 nitrogen and oxygen atoms in total. The highest BCUT2D eigenvalue weighted by atomic mass is 35.5. The topological polar surface area (TPSA) is 73.6 Å². The molecule has 0 aliphatic heterocycles. The molecule has 1 aliphatic rings. The number of methoxy groups -OCH3 is 1. The lowest BCUT2D eigenvalue weighted by atomic mass is 9.85. The first-order valence-electron chi connectivity index (χ1n) is 5.87. The molecule has 1 N–H and O–H groups in total. The summed E-state index contributed by atoms with van der Waals surface area (Å²) in [5.41, 5.74) is -0.129. The fourth-order valence-electron chi connectivity index (χ4n) is 2.19. The summed E-state index contributed by atoms with van der Waals surface area (Å²) >= 11 is 5.75. The van der Waals surface area contributed by atoms with Gasteiger partial charge in [0, 0.05) is 30.7 Å². The zero-order valence-electron chi connectivity index (χ0n) is 10.6. The van der Waals surface area contributed by atoms with Gasteiger partial charge in [-0.15, -0.1) is 0 Å². The number of nitrogens with zero attached hydrogens (tertiary/aromatic N) is 1. The summed E-state index contributed by atoms with van der Waals surface area (Å²) in [5.74, 6) is 0.219. The molecule has 1 fully saturated rings. The van der Waals surface area contributed by atoms with E-state index in [4.69, 9.17) is 21.1 Å². The standard InChI is InChI=1S/C12H15ClN2O4/c1-14-8-6-11(12(8)18-2)19-10-4-3-7(13)5-9(10)15(16)17/h3-5,8,11-12,14H,6H2,1-2H3. The lowest BCUT2D eigenvalue weighted by molar-refractivity contribution is -0.386. The van der Waals surface area contributed by atoms with E-state index in [0.29, 0.717) is 5.02 Å². The summed E-state index contributed by atoms with van der Waals surface area (Å²) in [7, 11) is 3.44. The second-order valence-electron chi connectivity index (χ2n) is 4.36. The molecule has 0 aromatic heterocycles. The fraction of sp³-hybridized carbons (Fsp3) is 0.500. The largest absolute Gasteiger partial charge is 0.481 e. The van der Waals surface area contributed by atoms with Crippen LogP contribution in [0, 0.1) is 10.1 Å². The van der Waals surface area contributed by atoms with Gasteiger partial charge in [0.15, 0.2) is 5.75 Å². The maximum absolute atomic E-state index is 11.0. The van der Waals surface area contributed by atoms with Crippen LogP contribution in [0.25, 0.3) is 0 Å². The number of nitro benzene ring substituents is 1. The summed E-state index contributed by atoms with van der Waals surface area (Å²) in [6.07, 6.45) is 0.442. The Labute approximate surface area is 115 Å². The molecule has 0 heterocycles. The smallest absolute Gasteiger partial charge is 0.312 e. The molecule has 19 heavy (non-hydrogen) atoms. The van der Waals surface area contributed by atoms with Crippen LogP contribution in [0.2, 0.25) is 5.02 Å². The van der Waals surface area contributed by atoms with Crippen molar-refractivity contribution in [2.24, 2.45) is 0 Å². The minimum Gasteiger partial charge on any atom is -0.481 e. The van der Waals surface area contributed by atoms with Crippen molar-refractivity contribution in [3.63, 3.8) is 0 Å². The van der Waals surface area contributed by atoms with Gasteiger partial charge in [-0.05, 0) is 19.2 Å². The van der Waals surface area contributed by atoms with Crippen LogP contribution in [0.4, 0.5) is 5.69 Å². The van der Waals surface area contributed by atoms with Crippen molar-refractivity contribution in [3.05, 3.63) is 33.3 Å². The van der Waals surface area contributed by atoms with Crippen molar-refractivity contribution in [1.29, 1.82) is 0 Å². The molecule has 0 radical (unpaired) electrons. The van der Waals surface area contributed by atoms with Gasteiger partial charge in [0.05, 0.1) is 4.92 Å². The molecule has 3 unspecified atom stereocenters. The quantitative estimate of drug-likeness (QED) is 0.662. The van der Waals surface area contributed by atoms with Crippen LogP contribution >= 0.6 is 11.6 Å². The molecule has 104 valence electrons. The van der Waals surface area contributed by atoms with Crippen LogP contribution in [0.3, 0.4) is 0 Å². The second kappa shape index (κ2) is 5.73. The maximum atomic E-state index is 11.0. The Bertz CT molecular complexity index is 483. The van der Waals surface area contributed by atoms with Crippen LogP contribution in [-0.2, 0) is 4.74 Å². The number of hydrogen-bond acceptors (Lipinski definition) is 5. The second-order valence-corrected chi connectivity index (χ2v) is 4.79. The predicted molar refractivity (Wildman–Crippen MR) is 70.8 cm³/mol. The summed E-state index contributed by atoms with van der Waals surface area (Å²) in [4.78, 5) is 10.5. The molecule has 7 heteroatoms. The number of halogens is 1. The third-order valence-corrected chi connectivity index (χ3v) is 3.52. The molecule has 1 saturated carbocycles. The Morgan fingerprint density at radius 3 is 2.84 bits per heavy atom. The normalized spacial score (nSPS) is 25.7. The van der Waals surface area contributed by atoms with E-state index in [9.17, 15) is 10.1 Å². The molecule has 0 saturated heterocycles. The summed E-state index contributed by atoms with van der Waals surface area (Å²) in [6.45, 7) is 0. The van der Waals surface area contributed by atoms with Gasteiger partial charge in [0.1, 0.15) is 12.2 Å². The first kappa shape index (κ1) is 14.0. The molecule has 1 aromatic rings. The molecule has 3 atom stereocenters. The Kier molecular flexibility index (Phi) is 4.24. The lowest BCUT2D eigenvalue weighted by Crippen LogP contribution is -2.60. The maximum Gasteiger partial charge on any atom is 0.312 e. The van der Waals surface area contributed by atoms with Gasteiger partial charge in [-0.25, -0.2) is 0 Å². The average molecular weight is 287 g/mol. The average Bonchev–Trinajstić information content (AvgIpc) is 2.35. The van der Waals surface area contributed by atoms with E-state index in [1.54, 1.807) is 13.2 Å². The molecular formula is C12H15ClN2O4. The SMILES string of the molecule is CNC1CC(Oc2ccc(Cl)cc2[N+](=O)[O-])C1OC. The molecule has 0 amide bonds. The number of rotatable bonds is 5. The molecule has 0 spiro atoms. The fourth-order valence-corrected chi connectivity index (χ4v) is 2.36. The minimum absolute atomic E-state index is 0.111. The monoisotopic (exact) mass is 286 g/mol. The number of ether oxygens (including phenoxy) is 2. The highest BCUT2D eigenvalue weighted by Crippen LogP contribution is 2.35. The van der Waals surface area contributed by atoms with E-state index >= 15 is 0 Å². The molecular weight excluding hydrogens is 272 g/mol. The first-order chi connectivity index (χ1) is 9.06. The van der Waals surface area contributed by atoms with Gasteiger partial charge in [-0.3, -0.25) is 10.1 Å². The van der Waals surface area contributed by atoms with E-state index in [1.165, 1.54) is 12.1 Å². The van der Waals surface area contributed by atoms with Crippen LogP contribution in [0.15, 0.2) is 18.2 Å².